The second-order valence-corrected chi connectivity index (χ2v) is 8.84. The van der Waals surface area contributed by atoms with E-state index in [0.717, 1.165) is 25.5 Å². The molecule has 6 nitrogen and oxygen atoms in total. The molecule has 0 saturated carbocycles. The Hall–Kier alpha value is -2.36. The number of hydrogen-bond acceptors (Lipinski definition) is 5. The maximum Gasteiger partial charge on any atom is 0.408 e. The molecule has 0 radical (unpaired) electrons. The number of aromatic nitrogens is 2. The largest absolute Gasteiger partial charge is 0.408 e. The Morgan fingerprint density at radius 2 is 1.68 bits per heavy atom. The number of anilines is 1. The Bertz CT molecular complexity index is 1010. The zero-order valence-electron chi connectivity index (χ0n) is 15.2. The summed E-state index contributed by atoms with van der Waals surface area (Å²) in [7, 11) is -3.38. The summed E-state index contributed by atoms with van der Waals surface area (Å²) in [5.74, 6) is 0. The van der Waals surface area contributed by atoms with Crippen molar-refractivity contribution in [2.45, 2.75) is 36.9 Å². The lowest BCUT2D eigenvalue weighted by Crippen LogP contribution is -2.39. The van der Waals surface area contributed by atoms with Crippen molar-refractivity contribution in [1.82, 2.24) is 9.78 Å². The highest BCUT2D eigenvalue weighted by Crippen LogP contribution is 2.30. The van der Waals surface area contributed by atoms with Crippen LogP contribution in [0.2, 0.25) is 0 Å². The van der Waals surface area contributed by atoms with Crippen molar-refractivity contribution in [3.8, 4) is 11.1 Å². The molecule has 0 spiro atoms. The standard InChI is InChI=1S/C18H20F3N3O3S/c1-28(26,27)14-7-5-13(6-8-14)15-11-22-24(12-18(19,20)21)17(25)16(15)23-9-3-2-4-10-23/h5-8,11H,2-4,9-10,12H2,1H3. The molecule has 1 aliphatic rings. The van der Waals surface area contributed by atoms with Gasteiger partial charge in [-0.15, -0.1) is 0 Å². The van der Waals surface area contributed by atoms with Gasteiger partial charge in [-0.25, -0.2) is 13.1 Å². The molecule has 2 aromatic rings. The number of alkyl halides is 3. The topological polar surface area (TPSA) is 72.3 Å². The van der Waals surface area contributed by atoms with E-state index in [1.807, 2.05) is 0 Å². The zero-order valence-corrected chi connectivity index (χ0v) is 16.1. The molecule has 2 heterocycles. The monoisotopic (exact) mass is 415 g/mol. The van der Waals surface area contributed by atoms with E-state index in [0.29, 0.717) is 28.9 Å². The summed E-state index contributed by atoms with van der Waals surface area (Å²) in [5.41, 5.74) is 0.289. The normalized spacial score (nSPS) is 15.6. The summed E-state index contributed by atoms with van der Waals surface area (Å²) in [4.78, 5) is 14.7. The van der Waals surface area contributed by atoms with Crippen molar-refractivity contribution < 1.29 is 21.6 Å². The van der Waals surface area contributed by atoms with E-state index in [-0.39, 0.29) is 10.6 Å². The van der Waals surface area contributed by atoms with Crippen LogP contribution in [0.3, 0.4) is 0 Å². The van der Waals surface area contributed by atoms with Gasteiger partial charge in [-0.3, -0.25) is 4.79 Å². The molecule has 1 fully saturated rings. The molecule has 0 aliphatic carbocycles. The van der Waals surface area contributed by atoms with Gasteiger partial charge in [0.1, 0.15) is 12.2 Å². The predicted octanol–water partition coefficient (Wildman–Crippen LogP) is 2.87. The van der Waals surface area contributed by atoms with Crippen molar-refractivity contribution in [3.63, 3.8) is 0 Å². The van der Waals surface area contributed by atoms with Crippen molar-refractivity contribution in [3.05, 3.63) is 40.8 Å². The summed E-state index contributed by atoms with van der Waals surface area (Å²) >= 11 is 0. The van der Waals surface area contributed by atoms with E-state index < -0.39 is 28.1 Å². The van der Waals surface area contributed by atoms with Crippen LogP contribution in [0.5, 0.6) is 0 Å². The van der Waals surface area contributed by atoms with Crippen LogP contribution in [-0.4, -0.2) is 43.7 Å². The van der Waals surface area contributed by atoms with Gasteiger partial charge in [0.15, 0.2) is 9.84 Å². The molecule has 0 bridgehead atoms. The number of rotatable bonds is 4. The third-order valence-corrected chi connectivity index (χ3v) is 5.74. The fourth-order valence-electron chi connectivity index (χ4n) is 3.28. The van der Waals surface area contributed by atoms with Crippen LogP contribution in [0.25, 0.3) is 11.1 Å². The molecular weight excluding hydrogens is 395 g/mol. The first-order valence-electron chi connectivity index (χ1n) is 8.78. The third-order valence-electron chi connectivity index (χ3n) is 4.61. The Morgan fingerprint density at radius 1 is 1.07 bits per heavy atom. The Kier molecular flexibility index (Phi) is 5.51. The minimum Gasteiger partial charge on any atom is -0.366 e. The van der Waals surface area contributed by atoms with Crippen molar-refractivity contribution >= 4 is 15.5 Å². The first kappa shape index (κ1) is 20.4. The fourth-order valence-corrected chi connectivity index (χ4v) is 3.91. The molecule has 1 aromatic heterocycles. The lowest BCUT2D eigenvalue weighted by Gasteiger charge is -2.30. The lowest BCUT2D eigenvalue weighted by molar-refractivity contribution is -0.143. The number of sulfone groups is 1. The summed E-state index contributed by atoms with van der Waals surface area (Å²) in [6.07, 6.45) is 0.444. The van der Waals surface area contributed by atoms with E-state index >= 15 is 0 Å². The number of nitrogens with zero attached hydrogens (tertiary/aromatic N) is 3. The van der Waals surface area contributed by atoms with Gasteiger partial charge in [0.2, 0.25) is 0 Å². The average Bonchev–Trinajstić information content (AvgIpc) is 2.62. The number of halogens is 3. The highest BCUT2D eigenvalue weighted by molar-refractivity contribution is 7.90. The van der Waals surface area contributed by atoms with Crippen LogP contribution in [-0.2, 0) is 16.4 Å². The van der Waals surface area contributed by atoms with Crippen LogP contribution >= 0.6 is 0 Å². The Balaban J connectivity index is 2.12. The highest BCUT2D eigenvalue weighted by atomic mass is 32.2. The third kappa shape index (κ3) is 4.54. The van der Waals surface area contributed by atoms with E-state index in [1.54, 1.807) is 4.90 Å². The van der Waals surface area contributed by atoms with Gasteiger partial charge in [-0.1, -0.05) is 12.1 Å². The van der Waals surface area contributed by atoms with Crippen molar-refractivity contribution in [1.29, 1.82) is 0 Å². The molecule has 3 rings (SSSR count). The summed E-state index contributed by atoms with van der Waals surface area (Å²) in [6, 6.07) is 5.89. The van der Waals surface area contributed by atoms with Crippen molar-refractivity contribution in [2.75, 3.05) is 24.2 Å². The molecule has 152 valence electrons. The van der Waals surface area contributed by atoms with Gasteiger partial charge >= 0.3 is 6.18 Å². The van der Waals surface area contributed by atoms with E-state index in [1.165, 1.54) is 30.5 Å². The van der Waals surface area contributed by atoms with Crippen LogP contribution in [0.4, 0.5) is 18.9 Å². The van der Waals surface area contributed by atoms with Gasteiger partial charge in [-0.2, -0.15) is 18.3 Å². The Morgan fingerprint density at radius 3 is 2.21 bits per heavy atom. The predicted molar refractivity (Wildman–Crippen MR) is 99.2 cm³/mol. The molecule has 0 amide bonds. The van der Waals surface area contributed by atoms with Gasteiger partial charge in [0.05, 0.1) is 11.1 Å². The SMILES string of the molecule is CS(=O)(=O)c1ccc(-c2cnn(CC(F)(F)F)c(=O)c2N2CCCCC2)cc1. The number of benzene rings is 1. The van der Waals surface area contributed by atoms with Gasteiger partial charge in [0, 0.05) is 24.9 Å². The van der Waals surface area contributed by atoms with Crippen LogP contribution < -0.4 is 10.5 Å². The maximum atomic E-state index is 12.8. The number of hydrogen-bond donors (Lipinski definition) is 0. The molecule has 1 aliphatic heterocycles. The van der Waals surface area contributed by atoms with E-state index in [9.17, 15) is 26.4 Å². The second-order valence-electron chi connectivity index (χ2n) is 6.83. The molecule has 0 N–H and O–H groups in total. The smallest absolute Gasteiger partial charge is 0.366 e. The van der Waals surface area contributed by atoms with Crippen LogP contribution in [0.1, 0.15) is 19.3 Å². The minimum atomic E-state index is -4.56. The number of piperidine rings is 1. The minimum absolute atomic E-state index is 0.120. The molecule has 28 heavy (non-hydrogen) atoms. The molecule has 0 unspecified atom stereocenters. The van der Waals surface area contributed by atoms with Crippen LogP contribution in [0, 0.1) is 0 Å². The van der Waals surface area contributed by atoms with Crippen molar-refractivity contribution in [2.24, 2.45) is 0 Å². The zero-order chi connectivity index (χ0) is 20.5. The highest BCUT2D eigenvalue weighted by Gasteiger charge is 2.31. The molecule has 1 saturated heterocycles. The van der Waals surface area contributed by atoms with Gasteiger partial charge < -0.3 is 4.90 Å². The average molecular weight is 415 g/mol. The molecule has 10 heteroatoms. The summed E-state index contributed by atoms with van der Waals surface area (Å²) < 4.78 is 62.1. The second kappa shape index (κ2) is 7.57. The molecule has 0 atom stereocenters. The quantitative estimate of drug-likeness (QED) is 0.768. The fraction of sp³-hybridized carbons (Fsp3) is 0.444. The first-order valence-corrected chi connectivity index (χ1v) is 10.7. The lowest BCUT2D eigenvalue weighted by atomic mass is 10.0. The maximum absolute atomic E-state index is 12.8. The van der Waals surface area contributed by atoms with Crippen LogP contribution in [0.15, 0.2) is 40.2 Å². The Labute approximate surface area is 160 Å². The van der Waals surface area contributed by atoms with E-state index in [4.69, 9.17) is 0 Å². The first-order chi connectivity index (χ1) is 13.1. The van der Waals surface area contributed by atoms with Gasteiger partial charge in [0.25, 0.3) is 5.56 Å². The van der Waals surface area contributed by atoms with E-state index in [2.05, 4.69) is 5.10 Å². The molecular formula is C18H20F3N3O3S. The summed E-state index contributed by atoms with van der Waals surface area (Å²) in [6.45, 7) is -0.320. The summed E-state index contributed by atoms with van der Waals surface area (Å²) in [5, 5.41) is 3.71. The molecule has 1 aromatic carbocycles. The van der Waals surface area contributed by atoms with Gasteiger partial charge in [-0.05, 0) is 37.0 Å².